The first-order valence-electron chi connectivity index (χ1n) is 4.28. The van der Waals surface area contributed by atoms with Gasteiger partial charge in [-0.15, -0.1) is 0 Å². The predicted molar refractivity (Wildman–Crippen MR) is 50.2 cm³/mol. The fraction of sp³-hybridized carbons (Fsp3) is 0.250. The lowest BCUT2D eigenvalue weighted by molar-refractivity contribution is 0.590. The van der Waals surface area contributed by atoms with Crippen molar-refractivity contribution in [3.05, 3.63) is 30.1 Å². The molecular weight excluding hydrogens is 180 g/mol. The molecule has 72 valence electrons. The number of hydrogen-bond donors (Lipinski definition) is 1. The van der Waals surface area contributed by atoms with Crippen LogP contribution in [0.25, 0.3) is 0 Å². The summed E-state index contributed by atoms with van der Waals surface area (Å²) in [6, 6.07) is 5.79. The third-order valence-corrected chi connectivity index (χ3v) is 1.87. The van der Waals surface area contributed by atoms with Gasteiger partial charge in [-0.05, 0) is 22.6 Å². The molecule has 0 aliphatic heterocycles. The number of aromatic nitrogens is 5. The fourth-order valence-electron chi connectivity index (χ4n) is 1.14. The van der Waals surface area contributed by atoms with E-state index in [1.807, 2.05) is 18.2 Å². The number of nitrogen functional groups attached to an aromatic ring is 1. The van der Waals surface area contributed by atoms with Crippen LogP contribution in [-0.4, -0.2) is 25.2 Å². The van der Waals surface area contributed by atoms with Crippen molar-refractivity contribution in [2.45, 2.75) is 13.0 Å². The molecule has 2 N–H and O–H groups in total. The number of hydrogen-bond acceptors (Lipinski definition) is 5. The number of anilines is 1. The van der Waals surface area contributed by atoms with Crippen molar-refractivity contribution >= 4 is 5.95 Å². The summed E-state index contributed by atoms with van der Waals surface area (Å²) in [6.07, 6.45) is 2.54. The van der Waals surface area contributed by atoms with Gasteiger partial charge >= 0.3 is 0 Å². The van der Waals surface area contributed by atoms with E-state index in [0.29, 0.717) is 12.5 Å². The lowest BCUT2D eigenvalue weighted by Crippen LogP contribution is -2.08. The molecule has 0 amide bonds. The molecule has 2 aromatic heterocycles. The van der Waals surface area contributed by atoms with Crippen molar-refractivity contribution in [1.29, 1.82) is 0 Å². The summed E-state index contributed by atoms with van der Waals surface area (Å²) in [5, 5.41) is 10.8. The van der Waals surface area contributed by atoms with E-state index in [1.54, 1.807) is 10.9 Å². The lowest BCUT2D eigenvalue weighted by atomic mass is 10.3. The Morgan fingerprint density at radius 3 is 2.93 bits per heavy atom. The first-order valence-corrected chi connectivity index (χ1v) is 4.28. The van der Waals surface area contributed by atoms with Gasteiger partial charge in [0.1, 0.15) is 0 Å². The van der Waals surface area contributed by atoms with E-state index in [1.165, 1.54) is 0 Å². The molecule has 0 aliphatic rings. The molecule has 0 spiro atoms. The molecule has 6 nitrogen and oxygen atoms in total. The van der Waals surface area contributed by atoms with E-state index < -0.39 is 0 Å². The molecular formula is C8H10N6. The van der Waals surface area contributed by atoms with E-state index in [2.05, 4.69) is 20.5 Å². The van der Waals surface area contributed by atoms with E-state index in [9.17, 15) is 0 Å². The Morgan fingerprint density at radius 1 is 1.36 bits per heavy atom. The highest BCUT2D eigenvalue weighted by atomic mass is 15.6. The zero-order chi connectivity index (χ0) is 9.80. The maximum atomic E-state index is 5.51. The van der Waals surface area contributed by atoms with Crippen LogP contribution in [0, 0.1) is 0 Å². The first-order chi connectivity index (χ1) is 6.86. The second kappa shape index (κ2) is 3.82. The molecule has 6 heteroatoms. The Bertz CT molecular complexity index is 395. The van der Waals surface area contributed by atoms with Crippen LogP contribution in [0.5, 0.6) is 0 Å². The minimum absolute atomic E-state index is 0.334. The Morgan fingerprint density at radius 2 is 2.29 bits per heavy atom. The fourth-order valence-corrected chi connectivity index (χ4v) is 1.14. The van der Waals surface area contributed by atoms with Crippen molar-refractivity contribution < 1.29 is 0 Å². The molecule has 0 aliphatic carbocycles. The number of pyridine rings is 1. The second-order valence-corrected chi connectivity index (χ2v) is 2.83. The summed E-state index contributed by atoms with van der Waals surface area (Å²) >= 11 is 0. The summed E-state index contributed by atoms with van der Waals surface area (Å²) in [5.41, 5.74) is 6.51. The minimum Gasteiger partial charge on any atom is -0.367 e. The van der Waals surface area contributed by atoms with Gasteiger partial charge in [-0.2, -0.15) is 0 Å². The Balaban J connectivity index is 1.99. The average molecular weight is 190 g/mol. The standard InChI is InChI=1S/C8H10N6/c9-8-11-12-13-14(8)6-4-7-3-1-2-5-10-7/h1-3,5H,4,6H2,(H2,9,11,13). The monoisotopic (exact) mass is 190 g/mol. The zero-order valence-electron chi connectivity index (χ0n) is 7.54. The smallest absolute Gasteiger partial charge is 0.240 e. The molecule has 0 bridgehead atoms. The van der Waals surface area contributed by atoms with Gasteiger partial charge in [0.25, 0.3) is 0 Å². The maximum absolute atomic E-state index is 5.51. The Hall–Kier alpha value is -1.98. The highest BCUT2D eigenvalue weighted by Gasteiger charge is 2.00. The minimum atomic E-state index is 0.334. The normalized spacial score (nSPS) is 10.3. The van der Waals surface area contributed by atoms with Crippen molar-refractivity contribution in [3.8, 4) is 0 Å². The van der Waals surface area contributed by atoms with Gasteiger partial charge in [0, 0.05) is 18.3 Å². The van der Waals surface area contributed by atoms with Gasteiger partial charge in [-0.1, -0.05) is 11.2 Å². The van der Waals surface area contributed by atoms with Crippen LogP contribution in [0.4, 0.5) is 5.95 Å². The third kappa shape index (κ3) is 1.85. The van der Waals surface area contributed by atoms with E-state index in [0.717, 1.165) is 12.1 Å². The summed E-state index contributed by atoms with van der Waals surface area (Å²) < 4.78 is 1.55. The number of nitrogens with two attached hydrogens (primary N) is 1. The SMILES string of the molecule is Nc1nnnn1CCc1ccccn1. The summed E-state index contributed by atoms with van der Waals surface area (Å²) in [4.78, 5) is 4.19. The highest BCUT2D eigenvalue weighted by Crippen LogP contribution is 1.99. The predicted octanol–water partition coefficient (Wildman–Crippen LogP) is -0.107. The van der Waals surface area contributed by atoms with Crippen LogP contribution in [0.15, 0.2) is 24.4 Å². The van der Waals surface area contributed by atoms with Crippen molar-refractivity contribution in [2.24, 2.45) is 0 Å². The van der Waals surface area contributed by atoms with Gasteiger partial charge in [0.15, 0.2) is 0 Å². The largest absolute Gasteiger partial charge is 0.367 e. The second-order valence-electron chi connectivity index (χ2n) is 2.83. The van der Waals surface area contributed by atoms with Crippen LogP contribution in [0.1, 0.15) is 5.69 Å². The maximum Gasteiger partial charge on any atom is 0.240 e. The van der Waals surface area contributed by atoms with Crippen LogP contribution < -0.4 is 5.73 Å². The van der Waals surface area contributed by atoms with E-state index in [4.69, 9.17) is 5.73 Å². The number of rotatable bonds is 3. The zero-order valence-corrected chi connectivity index (χ0v) is 7.54. The van der Waals surface area contributed by atoms with E-state index >= 15 is 0 Å². The van der Waals surface area contributed by atoms with Crippen molar-refractivity contribution in [1.82, 2.24) is 25.2 Å². The Labute approximate surface area is 80.8 Å². The molecule has 0 atom stereocenters. The van der Waals surface area contributed by atoms with Gasteiger partial charge in [0.05, 0.1) is 6.54 Å². The van der Waals surface area contributed by atoms with Gasteiger partial charge in [-0.25, -0.2) is 4.68 Å². The van der Waals surface area contributed by atoms with Gasteiger partial charge in [-0.3, -0.25) is 4.98 Å². The molecule has 0 fully saturated rings. The van der Waals surface area contributed by atoms with Crippen LogP contribution in [-0.2, 0) is 13.0 Å². The molecule has 2 aromatic rings. The molecule has 0 saturated heterocycles. The number of aryl methyl sites for hydroxylation is 2. The van der Waals surface area contributed by atoms with Gasteiger partial charge in [0.2, 0.25) is 5.95 Å². The van der Waals surface area contributed by atoms with Crippen LogP contribution >= 0.6 is 0 Å². The molecule has 0 unspecified atom stereocenters. The topological polar surface area (TPSA) is 82.5 Å². The molecule has 2 rings (SSSR count). The van der Waals surface area contributed by atoms with Crippen LogP contribution in [0.3, 0.4) is 0 Å². The molecule has 2 heterocycles. The average Bonchev–Trinajstić information content (AvgIpc) is 2.63. The summed E-state index contributed by atoms with van der Waals surface area (Å²) in [5.74, 6) is 0.334. The highest BCUT2D eigenvalue weighted by molar-refractivity contribution is 5.10. The van der Waals surface area contributed by atoms with Crippen LogP contribution in [0.2, 0.25) is 0 Å². The first kappa shape index (κ1) is 8.61. The number of tetrazole rings is 1. The quantitative estimate of drug-likeness (QED) is 0.730. The van der Waals surface area contributed by atoms with E-state index in [-0.39, 0.29) is 0 Å². The summed E-state index contributed by atoms with van der Waals surface area (Å²) in [7, 11) is 0. The third-order valence-electron chi connectivity index (χ3n) is 1.87. The number of nitrogens with zero attached hydrogens (tertiary/aromatic N) is 5. The molecule has 0 saturated carbocycles. The van der Waals surface area contributed by atoms with Gasteiger partial charge < -0.3 is 5.73 Å². The van der Waals surface area contributed by atoms with Crippen molar-refractivity contribution in [2.75, 3.05) is 5.73 Å². The molecule has 14 heavy (non-hydrogen) atoms. The molecule has 0 radical (unpaired) electrons. The summed E-state index contributed by atoms with van der Waals surface area (Å²) in [6.45, 7) is 0.649. The molecule has 0 aromatic carbocycles. The van der Waals surface area contributed by atoms with Crippen molar-refractivity contribution in [3.63, 3.8) is 0 Å². The Kier molecular flexibility index (Phi) is 2.35. The lowest BCUT2D eigenvalue weighted by Gasteiger charge is -2.00.